The molecule has 0 spiro atoms. The van der Waals surface area contributed by atoms with Gasteiger partial charge in [0.1, 0.15) is 6.17 Å². The van der Waals surface area contributed by atoms with Crippen molar-refractivity contribution in [3.05, 3.63) is 0 Å². The van der Waals surface area contributed by atoms with Crippen molar-refractivity contribution in [3.63, 3.8) is 0 Å². The minimum absolute atomic E-state index is 0.503. The Morgan fingerprint density at radius 2 is 1.18 bits per heavy atom. The van der Waals surface area contributed by atoms with E-state index >= 15 is 0 Å². The molecule has 0 unspecified atom stereocenters. The summed E-state index contributed by atoms with van der Waals surface area (Å²) in [6.07, 6.45) is 9.45. The molecule has 2 nitrogen and oxygen atoms in total. The Bertz CT molecular complexity index is 322. The van der Waals surface area contributed by atoms with Gasteiger partial charge in [-0.05, 0) is 81.0 Å². The Hall–Kier alpha value is -0.150. The zero-order valence-corrected chi connectivity index (χ0v) is 14.5. The SMILES string of the molecule is CC(C)C1CNC(C2CCC(C3CCC(F)CC3)CC2)NC1. The van der Waals surface area contributed by atoms with Crippen LogP contribution in [0.5, 0.6) is 0 Å². The molecule has 22 heavy (non-hydrogen) atoms. The predicted molar refractivity (Wildman–Crippen MR) is 90.4 cm³/mol. The van der Waals surface area contributed by atoms with E-state index in [9.17, 15) is 4.39 Å². The fourth-order valence-corrected chi connectivity index (χ4v) is 5.01. The standard InChI is InChI=1S/C19H35FN2/c1-13(2)17-11-21-19(22-12-17)16-5-3-14(4-6-16)15-7-9-18(20)10-8-15/h13-19,21-22H,3-12H2,1-2H3. The molecule has 1 saturated heterocycles. The van der Waals surface area contributed by atoms with Crippen LogP contribution in [0, 0.1) is 29.6 Å². The van der Waals surface area contributed by atoms with Crippen LogP contribution in [0.25, 0.3) is 0 Å². The molecule has 0 aromatic heterocycles. The van der Waals surface area contributed by atoms with Gasteiger partial charge in [-0.2, -0.15) is 0 Å². The Morgan fingerprint density at radius 3 is 1.68 bits per heavy atom. The highest BCUT2D eigenvalue weighted by molar-refractivity contribution is 4.88. The van der Waals surface area contributed by atoms with Gasteiger partial charge >= 0.3 is 0 Å². The molecule has 128 valence electrons. The van der Waals surface area contributed by atoms with Crippen LogP contribution in [0.3, 0.4) is 0 Å². The number of hydrogen-bond donors (Lipinski definition) is 2. The molecule has 3 rings (SSSR count). The molecule has 0 aromatic rings. The van der Waals surface area contributed by atoms with Gasteiger partial charge in [0.15, 0.2) is 0 Å². The number of hydrogen-bond acceptors (Lipinski definition) is 2. The van der Waals surface area contributed by atoms with Crippen molar-refractivity contribution in [2.24, 2.45) is 29.6 Å². The van der Waals surface area contributed by atoms with E-state index in [1.807, 2.05) is 0 Å². The van der Waals surface area contributed by atoms with Gasteiger partial charge in [-0.3, -0.25) is 0 Å². The smallest absolute Gasteiger partial charge is 0.100 e. The first kappa shape index (κ1) is 16.7. The van der Waals surface area contributed by atoms with Gasteiger partial charge in [0, 0.05) is 13.1 Å². The lowest BCUT2D eigenvalue weighted by atomic mass is 9.70. The van der Waals surface area contributed by atoms with Crippen LogP contribution in [0.1, 0.15) is 65.2 Å². The van der Waals surface area contributed by atoms with Crippen molar-refractivity contribution in [1.29, 1.82) is 0 Å². The van der Waals surface area contributed by atoms with Crippen molar-refractivity contribution < 1.29 is 4.39 Å². The molecule has 2 saturated carbocycles. The van der Waals surface area contributed by atoms with Crippen molar-refractivity contribution >= 4 is 0 Å². The third-order valence-corrected chi connectivity index (χ3v) is 6.80. The molecule has 3 heteroatoms. The van der Waals surface area contributed by atoms with Crippen molar-refractivity contribution in [2.45, 2.75) is 77.6 Å². The van der Waals surface area contributed by atoms with Gasteiger partial charge in [-0.1, -0.05) is 13.8 Å². The van der Waals surface area contributed by atoms with Gasteiger partial charge < -0.3 is 10.6 Å². The van der Waals surface area contributed by atoms with Crippen LogP contribution in [0.2, 0.25) is 0 Å². The summed E-state index contributed by atoms with van der Waals surface area (Å²) in [5.41, 5.74) is 0. The van der Waals surface area contributed by atoms with E-state index in [2.05, 4.69) is 24.5 Å². The zero-order valence-electron chi connectivity index (χ0n) is 14.5. The van der Waals surface area contributed by atoms with E-state index in [1.54, 1.807) is 0 Å². The molecule has 0 aromatic carbocycles. The number of halogens is 1. The Balaban J connectivity index is 1.40. The lowest BCUT2D eigenvalue weighted by molar-refractivity contribution is 0.103. The molecule has 0 atom stereocenters. The fraction of sp³-hybridized carbons (Fsp3) is 1.00. The van der Waals surface area contributed by atoms with Crippen molar-refractivity contribution in [3.8, 4) is 0 Å². The summed E-state index contributed by atoms with van der Waals surface area (Å²) in [5.74, 6) is 4.06. The maximum atomic E-state index is 13.3. The van der Waals surface area contributed by atoms with Crippen molar-refractivity contribution in [2.75, 3.05) is 13.1 Å². The second-order valence-electron chi connectivity index (χ2n) is 8.49. The number of rotatable bonds is 3. The summed E-state index contributed by atoms with van der Waals surface area (Å²) in [7, 11) is 0. The average Bonchev–Trinajstić information content (AvgIpc) is 2.56. The van der Waals surface area contributed by atoms with Crippen LogP contribution < -0.4 is 10.6 Å². The molecule has 0 amide bonds. The molecular weight excluding hydrogens is 275 g/mol. The van der Waals surface area contributed by atoms with Gasteiger partial charge in [0.05, 0.1) is 6.17 Å². The van der Waals surface area contributed by atoms with Crippen LogP contribution in [-0.2, 0) is 0 Å². The van der Waals surface area contributed by atoms with Gasteiger partial charge in [0.25, 0.3) is 0 Å². The lowest BCUT2D eigenvalue weighted by Gasteiger charge is -2.42. The number of alkyl halides is 1. The average molecular weight is 311 g/mol. The molecule has 3 aliphatic rings. The van der Waals surface area contributed by atoms with Gasteiger partial charge in [-0.15, -0.1) is 0 Å². The topological polar surface area (TPSA) is 24.1 Å². The maximum absolute atomic E-state index is 13.3. The van der Waals surface area contributed by atoms with Crippen LogP contribution in [-0.4, -0.2) is 25.4 Å². The summed E-state index contributed by atoms with van der Waals surface area (Å²) < 4.78 is 13.3. The monoisotopic (exact) mass is 310 g/mol. The fourth-order valence-electron chi connectivity index (χ4n) is 5.01. The van der Waals surface area contributed by atoms with Gasteiger partial charge in [0.2, 0.25) is 0 Å². The third-order valence-electron chi connectivity index (χ3n) is 6.80. The van der Waals surface area contributed by atoms with Gasteiger partial charge in [-0.25, -0.2) is 4.39 Å². The van der Waals surface area contributed by atoms with Crippen LogP contribution in [0.15, 0.2) is 0 Å². The molecule has 2 N–H and O–H groups in total. The lowest BCUT2D eigenvalue weighted by Crippen LogP contribution is -2.57. The highest BCUT2D eigenvalue weighted by Crippen LogP contribution is 2.41. The zero-order chi connectivity index (χ0) is 15.5. The second-order valence-corrected chi connectivity index (χ2v) is 8.49. The summed E-state index contributed by atoms with van der Waals surface area (Å²) >= 11 is 0. The quantitative estimate of drug-likeness (QED) is 0.819. The molecule has 0 radical (unpaired) electrons. The molecule has 3 fully saturated rings. The molecule has 1 aliphatic heterocycles. The normalized spacial score (nSPS) is 44.2. The first-order valence-corrected chi connectivity index (χ1v) is 9.74. The van der Waals surface area contributed by atoms with Crippen LogP contribution >= 0.6 is 0 Å². The van der Waals surface area contributed by atoms with E-state index < -0.39 is 6.17 Å². The largest absolute Gasteiger partial charge is 0.301 e. The van der Waals surface area contributed by atoms with E-state index in [1.165, 1.54) is 38.8 Å². The highest BCUT2D eigenvalue weighted by atomic mass is 19.1. The molecule has 2 aliphatic carbocycles. The highest BCUT2D eigenvalue weighted by Gasteiger charge is 2.34. The second kappa shape index (κ2) is 7.61. The summed E-state index contributed by atoms with van der Waals surface area (Å²) in [6.45, 7) is 7.00. The molecule has 0 bridgehead atoms. The predicted octanol–water partition coefficient (Wildman–Crippen LogP) is 4.11. The summed E-state index contributed by atoms with van der Waals surface area (Å²) in [4.78, 5) is 0. The van der Waals surface area contributed by atoms with E-state index in [0.29, 0.717) is 6.17 Å². The van der Waals surface area contributed by atoms with E-state index in [-0.39, 0.29) is 0 Å². The first-order valence-electron chi connectivity index (χ1n) is 9.74. The third kappa shape index (κ3) is 4.03. The minimum Gasteiger partial charge on any atom is -0.301 e. The van der Waals surface area contributed by atoms with E-state index in [4.69, 9.17) is 0 Å². The van der Waals surface area contributed by atoms with Crippen molar-refractivity contribution in [1.82, 2.24) is 10.6 Å². The first-order chi connectivity index (χ1) is 10.6. The summed E-state index contributed by atoms with van der Waals surface area (Å²) in [6, 6.07) is 0. The number of nitrogens with one attached hydrogen (secondary N) is 2. The van der Waals surface area contributed by atoms with E-state index in [0.717, 1.165) is 55.3 Å². The Labute approximate surface area is 136 Å². The maximum Gasteiger partial charge on any atom is 0.100 e. The summed E-state index contributed by atoms with van der Waals surface area (Å²) in [5, 5.41) is 7.52. The Kier molecular flexibility index (Phi) is 5.78. The Morgan fingerprint density at radius 1 is 0.727 bits per heavy atom. The molecule has 1 heterocycles. The van der Waals surface area contributed by atoms with Crippen LogP contribution in [0.4, 0.5) is 4.39 Å². The molecular formula is C19H35FN2. The minimum atomic E-state index is -0.503.